The van der Waals surface area contributed by atoms with Gasteiger partial charge in [0, 0.05) is 23.8 Å². The highest BCUT2D eigenvalue weighted by Crippen LogP contribution is 2.37. The minimum atomic E-state index is -0.290. The third-order valence-electron chi connectivity index (χ3n) is 3.85. The number of aryl methyl sites for hydroxylation is 2. The SMILES string of the molecule is Cc1nn(C)c(C)c1C1(N)CCC(O)CC1. The van der Waals surface area contributed by atoms with Crippen LogP contribution < -0.4 is 5.73 Å². The summed E-state index contributed by atoms with van der Waals surface area (Å²) in [6.45, 7) is 4.08. The van der Waals surface area contributed by atoms with Gasteiger partial charge in [0.25, 0.3) is 0 Å². The Bertz CT molecular complexity index is 389. The summed E-state index contributed by atoms with van der Waals surface area (Å²) in [6.07, 6.45) is 3.12. The largest absolute Gasteiger partial charge is 0.393 e. The Morgan fingerprint density at radius 2 is 1.94 bits per heavy atom. The normalized spacial score (nSPS) is 30.7. The zero-order chi connectivity index (χ0) is 11.9. The van der Waals surface area contributed by atoms with Crippen molar-refractivity contribution in [3.63, 3.8) is 0 Å². The fourth-order valence-electron chi connectivity index (χ4n) is 2.86. The first-order valence-electron chi connectivity index (χ1n) is 5.91. The number of hydrogen-bond acceptors (Lipinski definition) is 3. The van der Waals surface area contributed by atoms with E-state index in [1.807, 2.05) is 18.7 Å². The Morgan fingerprint density at radius 1 is 1.38 bits per heavy atom. The number of aliphatic hydroxyl groups is 1. The minimum Gasteiger partial charge on any atom is -0.393 e. The third-order valence-corrected chi connectivity index (χ3v) is 3.85. The van der Waals surface area contributed by atoms with Gasteiger partial charge in [-0.15, -0.1) is 0 Å². The molecule has 0 radical (unpaired) electrons. The summed E-state index contributed by atoms with van der Waals surface area (Å²) < 4.78 is 1.89. The van der Waals surface area contributed by atoms with Crippen LogP contribution in [0.15, 0.2) is 0 Å². The van der Waals surface area contributed by atoms with Crippen LogP contribution in [0.25, 0.3) is 0 Å². The summed E-state index contributed by atoms with van der Waals surface area (Å²) in [4.78, 5) is 0. The maximum absolute atomic E-state index is 9.56. The van der Waals surface area contributed by atoms with E-state index in [1.165, 1.54) is 5.56 Å². The van der Waals surface area contributed by atoms with Crippen molar-refractivity contribution in [2.75, 3.05) is 0 Å². The number of rotatable bonds is 1. The molecule has 16 heavy (non-hydrogen) atoms. The Balaban J connectivity index is 2.36. The van der Waals surface area contributed by atoms with E-state index < -0.39 is 0 Å². The molecule has 0 atom stereocenters. The van der Waals surface area contributed by atoms with E-state index in [0.717, 1.165) is 37.1 Å². The molecule has 90 valence electrons. The zero-order valence-corrected chi connectivity index (χ0v) is 10.3. The van der Waals surface area contributed by atoms with Gasteiger partial charge in [0.2, 0.25) is 0 Å². The summed E-state index contributed by atoms with van der Waals surface area (Å²) in [5, 5.41) is 14.0. The van der Waals surface area contributed by atoms with Gasteiger partial charge in [-0.2, -0.15) is 5.10 Å². The van der Waals surface area contributed by atoms with Crippen molar-refractivity contribution in [1.82, 2.24) is 9.78 Å². The van der Waals surface area contributed by atoms with Crippen LogP contribution in [0.3, 0.4) is 0 Å². The predicted octanol–water partition coefficient (Wildman–Crippen LogP) is 1.13. The quantitative estimate of drug-likeness (QED) is 0.750. The zero-order valence-electron chi connectivity index (χ0n) is 10.3. The van der Waals surface area contributed by atoms with Crippen LogP contribution in [0.1, 0.15) is 42.6 Å². The van der Waals surface area contributed by atoms with Crippen molar-refractivity contribution in [3.8, 4) is 0 Å². The van der Waals surface area contributed by atoms with Crippen LogP contribution in [0, 0.1) is 13.8 Å². The van der Waals surface area contributed by atoms with Gasteiger partial charge in [0.15, 0.2) is 0 Å². The Morgan fingerprint density at radius 3 is 2.38 bits per heavy atom. The van der Waals surface area contributed by atoms with E-state index in [0.29, 0.717) is 0 Å². The molecule has 1 saturated carbocycles. The lowest BCUT2D eigenvalue weighted by atomic mass is 9.75. The Hall–Kier alpha value is -0.870. The topological polar surface area (TPSA) is 64.1 Å². The van der Waals surface area contributed by atoms with E-state index in [-0.39, 0.29) is 11.6 Å². The van der Waals surface area contributed by atoms with Crippen LogP contribution in [0.4, 0.5) is 0 Å². The predicted molar refractivity (Wildman–Crippen MR) is 63.0 cm³/mol. The Kier molecular flexibility index (Phi) is 2.80. The molecule has 1 aromatic heterocycles. The van der Waals surface area contributed by atoms with E-state index in [4.69, 9.17) is 5.73 Å². The number of nitrogens with zero attached hydrogens (tertiary/aromatic N) is 2. The van der Waals surface area contributed by atoms with Gasteiger partial charge >= 0.3 is 0 Å². The maximum atomic E-state index is 9.56. The summed E-state index contributed by atoms with van der Waals surface area (Å²) in [6, 6.07) is 0. The van der Waals surface area contributed by atoms with Crippen molar-refractivity contribution >= 4 is 0 Å². The summed E-state index contributed by atoms with van der Waals surface area (Å²) in [7, 11) is 1.95. The molecule has 1 fully saturated rings. The molecular weight excluding hydrogens is 202 g/mol. The smallest absolute Gasteiger partial charge is 0.0647 e. The van der Waals surface area contributed by atoms with Crippen LogP contribution in [0.2, 0.25) is 0 Å². The van der Waals surface area contributed by atoms with Crippen molar-refractivity contribution < 1.29 is 5.11 Å². The molecule has 1 aromatic rings. The fraction of sp³-hybridized carbons (Fsp3) is 0.750. The molecule has 0 bridgehead atoms. The molecule has 3 N–H and O–H groups in total. The lowest BCUT2D eigenvalue weighted by Gasteiger charge is -2.36. The first kappa shape index (κ1) is 11.6. The van der Waals surface area contributed by atoms with Crippen LogP contribution in [-0.4, -0.2) is 21.0 Å². The van der Waals surface area contributed by atoms with Gasteiger partial charge in [-0.25, -0.2) is 0 Å². The average molecular weight is 223 g/mol. The molecule has 4 nitrogen and oxygen atoms in total. The highest BCUT2D eigenvalue weighted by atomic mass is 16.3. The monoisotopic (exact) mass is 223 g/mol. The van der Waals surface area contributed by atoms with E-state index >= 15 is 0 Å². The standard InChI is InChI=1S/C12H21N3O/c1-8-11(9(2)15(3)14-8)12(13)6-4-10(16)5-7-12/h10,16H,4-7,13H2,1-3H3. The Labute approximate surface area is 96.5 Å². The van der Waals surface area contributed by atoms with E-state index in [2.05, 4.69) is 12.0 Å². The number of aliphatic hydroxyl groups excluding tert-OH is 1. The summed E-state index contributed by atoms with van der Waals surface area (Å²) in [5.41, 5.74) is 9.56. The molecule has 0 amide bonds. The van der Waals surface area contributed by atoms with E-state index in [1.54, 1.807) is 0 Å². The maximum Gasteiger partial charge on any atom is 0.0647 e. The molecule has 1 heterocycles. The molecular formula is C12H21N3O. The van der Waals surface area contributed by atoms with Gasteiger partial charge in [-0.3, -0.25) is 4.68 Å². The third kappa shape index (κ3) is 1.76. The molecule has 0 aromatic carbocycles. The van der Waals surface area contributed by atoms with Crippen molar-refractivity contribution in [3.05, 3.63) is 17.0 Å². The van der Waals surface area contributed by atoms with Crippen molar-refractivity contribution in [2.24, 2.45) is 12.8 Å². The second kappa shape index (κ2) is 3.86. The lowest BCUT2D eigenvalue weighted by Crippen LogP contribution is -2.42. The number of hydrogen-bond donors (Lipinski definition) is 2. The second-order valence-electron chi connectivity index (χ2n) is 5.06. The summed E-state index contributed by atoms with van der Waals surface area (Å²) >= 11 is 0. The minimum absolute atomic E-state index is 0.172. The fourth-order valence-corrected chi connectivity index (χ4v) is 2.86. The molecule has 2 rings (SSSR count). The first-order chi connectivity index (χ1) is 7.44. The van der Waals surface area contributed by atoms with Crippen LogP contribution in [-0.2, 0) is 12.6 Å². The second-order valence-corrected chi connectivity index (χ2v) is 5.06. The molecule has 0 spiro atoms. The number of aromatic nitrogens is 2. The molecule has 4 heteroatoms. The highest BCUT2D eigenvalue weighted by molar-refractivity contribution is 5.33. The lowest BCUT2D eigenvalue weighted by molar-refractivity contribution is 0.0965. The van der Waals surface area contributed by atoms with Crippen molar-refractivity contribution in [1.29, 1.82) is 0 Å². The molecule has 0 aliphatic heterocycles. The highest BCUT2D eigenvalue weighted by Gasteiger charge is 2.36. The van der Waals surface area contributed by atoms with Gasteiger partial charge < -0.3 is 10.8 Å². The van der Waals surface area contributed by atoms with Gasteiger partial charge in [0.05, 0.1) is 11.8 Å². The van der Waals surface area contributed by atoms with Gasteiger partial charge in [0.1, 0.15) is 0 Å². The molecule has 0 saturated heterocycles. The van der Waals surface area contributed by atoms with Crippen LogP contribution in [0.5, 0.6) is 0 Å². The van der Waals surface area contributed by atoms with Gasteiger partial charge in [-0.05, 0) is 39.5 Å². The summed E-state index contributed by atoms with van der Waals surface area (Å²) in [5.74, 6) is 0. The van der Waals surface area contributed by atoms with Gasteiger partial charge in [-0.1, -0.05) is 0 Å². The van der Waals surface area contributed by atoms with Crippen LogP contribution >= 0.6 is 0 Å². The number of nitrogens with two attached hydrogens (primary N) is 1. The van der Waals surface area contributed by atoms with Crippen molar-refractivity contribution in [2.45, 2.75) is 51.2 Å². The average Bonchev–Trinajstić information content (AvgIpc) is 2.47. The molecule has 0 unspecified atom stereocenters. The van der Waals surface area contributed by atoms with E-state index in [9.17, 15) is 5.11 Å². The molecule has 1 aliphatic rings. The molecule has 1 aliphatic carbocycles. The first-order valence-corrected chi connectivity index (χ1v) is 5.91.